The van der Waals surface area contributed by atoms with Crippen LogP contribution in [-0.2, 0) is 46.2 Å². The number of hydrogen-bond donors (Lipinski definition) is 2. The zero-order chi connectivity index (χ0) is 55.6. The van der Waals surface area contributed by atoms with Gasteiger partial charge in [0, 0.05) is 17.7 Å². The highest BCUT2D eigenvalue weighted by Crippen LogP contribution is 2.29. The van der Waals surface area contributed by atoms with Crippen LogP contribution < -0.4 is 30.1 Å². The lowest BCUT2D eigenvalue weighted by molar-refractivity contribution is -0.274. The first-order valence-corrected chi connectivity index (χ1v) is 26.3. The largest absolute Gasteiger partial charge is 0.573 e. The number of benzene rings is 6. The number of methoxy groups -OCH3 is 1. The monoisotopic (exact) mass is 1140 g/mol. The van der Waals surface area contributed by atoms with E-state index in [1.165, 1.54) is 23.9 Å². The van der Waals surface area contributed by atoms with E-state index in [-0.39, 0.29) is 41.8 Å². The molecule has 4 amide bonds. The molecule has 5 unspecified atom stereocenters. The van der Waals surface area contributed by atoms with E-state index in [0.29, 0.717) is 59.1 Å². The number of carbonyl (C=O) groups is 6. The van der Waals surface area contributed by atoms with Crippen molar-refractivity contribution in [3.05, 3.63) is 190 Å². The van der Waals surface area contributed by atoms with Crippen molar-refractivity contribution in [3.8, 4) is 17.2 Å². The maximum absolute atomic E-state index is 12.7. The number of alkyl halides is 3. The molecular weight excluding hydrogens is 1080 g/mol. The zero-order valence-electron chi connectivity index (χ0n) is 41.4. The van der Waals surface area contributed by atoms with Crippen LogP contribution in [0.15, 0.2) is 152 Å². The second-order valence-electron chi connectivity index (χ2n) is 16.1. The second-order valence-corrected chi connectivity index (χ2v) is 19.4. The fraction of sp³-hybridized carbons (Fsp3) is 0.236. The Balaban J connectivity index is 0.000000251. The fourth-order valence-corrected chi connectivity index (χ4v) is 9.01. The molecule has 7 rings (SSSR count). The summed E-state index contributed by atoms with van der Waals surface area (Å²) in [5.41, 5.74) is 4.05. The van der Waals surface area contributed by atoms with Crippen LogP contribution in [0.2, 0.25) is 5.02 Å². The normalized spacial score (nSPS) is 13.9. The van der Waals surface area contributed by atoms with E-state index in [0.717, 1.165) is 52.2 Å². The lowest BCUT2D eigenvalue weighted by atomic mass is 10.1. The average molecular weight is 1140 g/mol. The van der Waals surface area contributed by atoms with Gasteiger partial charge in [-0.3, -0.25) is 34.6 Å². The van der Waals surface area contributed by atoms with Crippen molar-refractivity contribution in [2.24, 2.45) is 0 Å². The van der Waals surface area contributed by atoms with E-state index in [2.05, 4.69) is 24.6 Å². The predicted molar refractivity (Wildman–Crippen MR) is 290 cm³/mol. The summed E-state index contributed by atoms with van der Waals surface area (Å²) in [5.74, 6) is -0.561. The number of rotatable bonds is 24. The number of thioether (sulfide) groups is 2. The van der Waals surface area contributed by atoms with Crippen LogP contribution in [0.3, 0.4) is 0 Å². The summed E-state index contributed by atoms with van der Waals surface area (Å²) in [4.78, 5) is 67.8. The van der Waals surface area contributed by atoms with Crippen molar-refractivity contribution in [3.63, 3.8) is 0 Å². The van der Waals surface area contributed by atoms with Gasteiger partial charge in [0.05, 0.1) is 16.1 Å². The van der Waals surface area contributed by atoms with Crippen molar-refractivity contribution in [1.29, 1.82) is 0 Å². The number of esters is 1. The van der Waals surface area contributed by atoms with E-state index in [1.54, 1.807) is 86.0 Å². The molecule has 1 aliphatic heterocycles. The van der Waals surface area contributed by atoms with Crippen LogP contribution in [0.1, 0.15) is 55.2 Å². The van der Waals surface area contributed by atoms with Crippen molar-refractivity contribution in [2.45, 2.75) is 41.9 Å². The minimum Gasteiger partial charge on any atom is -0.491 e. The van der Waals surface area contributed by atoms with E-state index in [4.69, 9.17) is 40.0 Å². The Labute approximate surface area is 458 Å². The molecule has 6 aromatic rings. The number of hydrogen-bond acceptors (Lipinski definition) is 15. The molecule has 0 spiro atoms. The number of nitrogens with one attached hydrogen (secondary N) is 2. The topological polar surface area (TPSA) is 191 Å². The molecule has 5 atom stereocenters. The molecule has 0 radical (unpaired) electrons. The van der Waals surface area contributed by atoms with Crippen LogP contribution in [0.25, 0.3) is 0 Å². The average Bonchev–Trinajstić information content (AvgIpc) is 3.74. The first-order valence-electron chi connectivity index (χ1n) is 23.1. The Morgan fingerprint density at radius 2 is 1.42 bits per heavy atom. The van der Waals surface area contributed by atoms with Crippen LogP contribution in [-0.4, -0.2) is 92.7 Å². The highest BCUT2D eigenvalue weighted by atomic mass is 35.5. The SMILES string of the molecule is COCOC(COc1ccc(CC(SC)C(=O)NC=O)cc1)c1ccccc1P.O=C1NC(=O)C(Cc2ccc(OCC(OCOC(=O)c3ccccc3)c3cccc(OC(F)(F)F)c3)cc2)S1.O=Cc1cccc(Cl)c1. The number of amides is 4. The summed E-state index contributed by atoms with van der Waals surface area (Å²) in [6, 6.07) is 42.5. The van der Waals surface area contributed by atoms with Gasteiger partial charge in [0.25, 0.3) is 5.24 Å². The van der Waals surface area contributed by atoms with Gasteiger partial charge in [0.1, 0.15) is 55.7 Å². The lowest BCUT2D eigenvalue weighted by Crippen LogP contribution is -2.32. The quantitative estimate of drug-likeness (QED) is 0.0252. The molecule has 2 N–H and O–H groups in total. The minimum absolute atomic E-state index is 0.132. The summed E-state index contributed by atoms with van der Waals surface area (Å²) in [7, 11) is 4.29. The molecule has 77 heavy (non-hydrogen) atoms. The maximum atomic E-state index is 12.7. The molecule has 15 nitrogen and oxygen atoms in total. The molecule has 0 aromatic heterocycles. The van der Waals surface area contributed by atoms with Gasteiger partial charge in [-0.05, 0) is 107 Å². The van der Waals surface area contributed by atoms with Gasteiger partial charge in [-0.15, -0.1) is 22.4 Å². The van der Waals surface area contributed by atoms with E-state index in [9.17, 15) is 41.9 Å². The molecular formula is C55H53ClF3N2O13PS2. The van der Waals surface area contributed by atoms with Crippen LogP contribution >= 0.6 is 44.4 Å². The van der Waals surface area contributed by atoms with Gasteiger partial charge >= 0.3 is 12.3 Å². The van der Waals surface area contributed by atoms with Gasteiger partial charge < -0.3 is 33.2 Å². The summed E-state index contributed by atoms with van der Waals surface area (Å²) in [6.45, 7) is -0.105. The second kappa shape index (κ2) is 32.1. The van der Waals surface area contributed by atoms with Crippen LogP contribution in [0.4, 0.5) is 18.0 Å². The number of imide groups is 2. The Bertz CT molecular complexity index is 2860. The summed E-state index contributed by atoms with van der Waals surface area (Å²) in [6.07, 6.45) is -2.15. The lowest BCUT2D eigenvalue weighted by Gasteiger charge is -2.20. The Morgan fingerprint density at radius 3 is 2.00 bits per heavy atom. The van der Waals surface area contributed by atoms with Gasteiger partial charge in [-0.1, -0.05) is 114 Å². The number of halogens is 4. The van der Waals surface area contributed by atoms with Crippen LogP contribution in [0.5, 0.6) is 17.2 Å². The first-order chi connectivity index (χ1) is 37.1. The van der Waals surface area contributed by atoms with E-state index < -0.39 is 36.2 Å². The molecule has 22 heteroatoms. The van der Waals surface area contributed by atoms with Gasteiger partial charge in [0.2, 0.25) is 18.2 Å². The highest BCUT2D eigenvalue weighted by molar-refractivity contribution is 8.15. The van der Waals surface area contributed by atoms with Crippen molar-refractivity contribution in [2.75, 3.05) is 40.2 Å². The van der Waals surface area contributed by atoms with Crippen molar-refractivity contribution >= 4 is 85.4 Å². The number of aldehydes is 1. The van der Waals surface area contributed by atoms with Gasteiger partial charge in [-0.2, -0.15) is 11.8 Å². The molecule has 1 heterocycles. The van der Waals surface area contributed by atoms with Crippen molar-refractivity contribution in [1.82, 2.24) is 10.6 Å². The standard InChI is InChI=1S/C27H22F3NO7S.C21H26NO5PS.C7H5ClO/c28-27(29,30)38-21-8-4-7-19(14-21)22(36-16-37-25(33)18-5-2-1-3-6-18)15-35-20-11-9-17(10-12-20)13-23-24(32)31-26(34)39-23;1-25-14-27-18(17-5-3-4-6-19(17)28)12-26-16-9-7-15(8-10-16)11-20(29-2)21(24)22-13-23;8-7-3-1-2-6(4-7)5-9/h1-12,14,22-23H,13,15-16H2,(H,31,32,34);3-10,13,18,20H,11-12,14,28H2,1-2H3,(H,22,23,24);1-5H. The molecule has 1 fully saturated rings. The molecule has 0 saturated carbocycles. The van der Waals surface area contributed by atoms with Crippen molar-refractivity contribution < 1.29 is 75.1 Å². The predicted octanol–water partition coefficient (Wildman–Crippen LogP) is 10.1. The summed E-state index contributed by atoms with van der Waals surface area (Å²) >= 11 is 7.90. The third-order valence-corrected chi connectivity index (χ3v) is 13.4. The number of carbonyl (C=O) groups excluding carboxylic acids is 6. The molecule has 0 bridgehead atoms. The molecule has 6 aromatic carbocycles. The molecule has 1 aliphatic rings. The summed E-state index contributed by atoms with van der Waals surface area (Å²) in [5, 5.41) is 4.88. The third kappa shape index (κ3) is 21.6. The molecule has 1 saturated heterocycles. The summed E-state index contributed by atoms with van der Waals surface area (Å²) < 4.78 is 75.6. The third-order valence-electron chi connectivity index (χ3n) is 10.7. The smallest absolute Gasteiger partial charge is 0.491 e. The molecule has 406 valence electrons. The van der Waals surface area contributed by atoms with Gasteiger partial charge in [-0.25, -0.2) is 4.79 Å². The Kier molecular flexibility index (Phi) is 25.5. The molecule has 0 aliphatic carbocycles. The minimum atomic E-state index is -4.87. The first kappa shape index (κ1) is 61.1. The highest BCUT2D eigenvalue weighted by Gasteiger charge is 2.32. The van der Waals surface area contributed by atoms with Crippen LogP contribution in [0, 0.1) is 0 Å². The Hall–Kier alpha value is -6.77. The van der Waals surface area contributed by atoms with Gasteiger partial charge in [0.15, 0.2) is 6.79 Å². The number of ether oxygens (including phenoxy) is 7. The Morgan fingerprint density at radius 1 is 0.779 bits per heavy atom. The fourth-order valence-electron chi connectivity index (χ4n) is 6.92. The van der Waals surface area contributed by atoms with E-state index in [1.807, 2.05) is 54.8 Å². The maximum Gasteiger partial charge on any atom is 0.573 e. The van der Waals surface area contributed by atoms with E-state index >= 15 is 0 Å². The zero-order valence-corrected chi connectivity index (χ0v) is 44.9.